The molecule has 0 atom stereocenters. The zero-order chi connectivity index (χ0) is 6.73. The van der Waals surface area contributed by atoms with Crippen LogP contribution in [0.5, 0.6) is 0 Å². The standard InChI is InChI=1S/C6H13NO/c1-4(2)6(7)5(3)8/h4,8H,7H2,1-3H3/b6-5+. The fraction of sp³-hybridized carbons (Fsp3) is 0.667. The first-order chi connectivity index (χ1) is 3.55. The number of hydrogen-bond acceptors (Lipinski definition) is 2. The number of aliphatic hydroxyl groups is 1. The molecule has 8 heavy (non-hydrogen) atoms. The van der Waals surface area contributed by atoms with E-state index in [-0.39, 0.29) is 11.7 Å². The molecule has 0 spiro atoms. The van der Waals surface area contributed by atoms with Gasteiger partial charge in [-0.25, -0.2) is 0 Å². The van der Waals surface area contributed by atoms with Gasteiger partial charge in [0.25, 0.3) is 0 Å². The van der Waals surface area contributed by atoms with Crippen molar-refractivity contribution in [3.8, 4) is 0 Å². The van der Waals surface area contributed by atoms with E-state index < -0.39 is 0 Å². The van der Waals surface area contributed by atoms with Crippen molar-refractivity contribution in [3.05, 3.63) is 11.5 Å². The van der Waals surface area contributed by atoms with Crippen molar-refractivity contribution in [2.45, 2.75) is 20.8 Å². The molecule has 3 N–H and O–H groups in total. The van der Waals surface area contributed by atoms with Crippen LogP contribution in [0.15, 0.2) is 11.5 Å². The van der Waals surface area contributed by atoms with Crippen LogP contribution in [0.3, 0.4) is 0 Å². The molecule has 2 heteroatoms. The van der Waals surface area contributed by atoms with Gasteiger partial charge in [-0.15, -0.1) is 0 Å². The Morgan fingerprint density at radius 1 is 1.50 bits per heavy atom. The van der Waals surface area contributed by atoms with Crippen molar-refractivity contribution in [2.75, 3.05) is 0 Å². The summed E-state index contributed by atoms with van der Waals surface area (Å²) in [6, 6.07) is 0. The largest absolute Gasteiger partial charge is 0.511 e. The summed E-state index contributed by atoms with van der Waals surface area (Å²) in [4.78, 5) is 0. The van der Waals surface area contributed by atoms with Crippen LogP contribution in [0.1, 0.15) is 20.8 Å². The molecule has 0 fully saturated rings. The summed E-state index contributed by atoms with van der Waals surface area (Å²) in [5.41, 5.74) is 5.96. The lowest BCUT2D eigenvalue weighted by molar-refractivity contribution is 0.397. The highest BCUT2D eigenvalue weighted by molar-refractivity contribution is 5.02. The zero-order valence-electron chi connectivity index (χ0n) is 5.60. The average molecular weight is 115 g/mol. The van der Waals surface area contributed by atoms with Crippen molar-refractivity contribution in [1.82, 2.24) is 0 Å². The van der Waals surface area contributed by atoms with Crippen molar-refractivity contribution >= 4 is 0 Å². The number of aliphatic hydroxyl groups excluding tert-OH is 1. The van der Waals surface area contributed by atoms with Gasteiger partial charge in [0.2, 0.25) is 0 Å². The monoisotopic (exact) mass is 115 g/mol. The van der Waals surface area contributed by atoms with E-state index in [0.717, 1.165) is 0 Å². The molecule has 0 rings (SSSR count). The van der Waals surface area contributed by atoms with Gasteiger partial charge in [-0.2, -0.15) is 0 Å². The van der Waals surface area contributed by atoms with Gasteiger partial charge in [0.05, 0.1) is 0 Å². The number of allylic oxidation sites excluding steroid dienone is 2. The summed E-state index contributed by atoms with van der Waals surface area (Å²) in [5, 5.41) is 8.75. The van der Waals surface area contributed by atoms with Crippen LogP contribution in [0.2, 0.25) is 0 Å². The molecule has 0 aromatic carbocycles. The van der Waals surface area contributed by atoms with Crippen LogP contribution < -0.4 is 5.73 Å². The van der Waals surface area contributed by atoms with E-state index >= 15 is 0 Å². The van der Waals surface area contributed by atoms with Gasteiger partial charge in [-0.05, 0) is 12.8 Å². The lowest BCUT2D eigenvalue weighted by Gasteiger charge is -2.04. The minimum atomic E-state index is 0.236. The fourth-order valence-corrected chi connectivity index (χ4v) is 0.418. The molecular weight excluding hydrogens is 102 g/mol. The van der Waals surface area contributed by atoms with Crippen molar-refractivity contribution in [1.29, 1.82) is 0 Å². The predicted molar refractivity (Wildman–Crippen MR) is 34.4 cm³/mol. The van der Waals surface area contributed by atoms with Crippen LogP contribution in [0.4, 0.5) is 0 Å². The van der Waals surface area contributed by atoms with E-state index in [4.69, 9.17) is 10.8 Å². The van der Waals surface area contributed by atoms with E-state index in [9.17, 15) is 0 Å². The van der Waals surface area contributed by atoms with Crippen molar-refractivity contribution in [2.24, 2.45) is 11.7 Å². The lowest BCUT2D eigenvalue weighted by atomic mass is 10.1. The van der Waals surface area contributed by atoms with Gasteiger partial charge in [-0.3, -0.25) is 0 Å². The predicted octanol–water partition coefficient (Wildman–Crippen LogP) is 1.39. The Kier molecular flexibility index (Phi) is 2.38. The summed E-state index contributed by atoms with van der Waals surface area (Å²) in [6.07, 6.45) is 0. The zero-order valence-corrected chi connectivity index (χ0v) is 5.60. The highest BCUT2D eigenvalue weighted by Crippen LogP contribution is 2.04. The molecule has 0 unspecified atom stereocenters. The van der Waals surface area contributed by atoms with Crippen LogP contribution in [-0.4, -0.2) is 5.11 Å². The first kappa shape index (κ1) is 7.34. The second-order valence-electron chi connectivity index (χ2n) is 2.20. The Morgan fingerprint density at radius 3 is 1.88 bits per heavy atom. The van der Waals surface area contributed by atoms with E-state index in [2.05, 4.69) is 0 Å². The molecule has 0 aromatic heterocycles. The molecule has 48 valence electrons. The van der Waals surface area contributed by atoms with Crippen LogP contribution >= 0.6 is 0 Å². The first-order valence-corrected chi connectivity index (χ1v) is 2.71. The number of rotatable bonds is 1. The Labute approximate surface area is 50.0 Å². The molecule has 0 amide bonds. The summed E-state index contributed by atoms with van der Waals surface area (Å²) in [6.45, 7) is 5.47. The Morgan fingerprint density at radius 2 is 1.88 bits per heavy atom. The smallest absolute Gasteiger partial charge is 0.108 e. The Hall–Kier alpha value is -0.660. The molecule has 0 aliphatic rings. The molecule has 0 bridgehead atoms. The molecule has 0 aliphatic heterocycles. The summed E-state index contributed by atoms with van der Waals surface area (Å²) < 4.78 is 0. The van der Waals surface area contributed by atoms with Gasteiger partial charge in [0.15, 0.2) is 0 Å². The minimum Gasteiger partial charge on any atom is -0.511 e. The van der Waals surface area contributed by atoms with Crippen LogP contribution in [0, 0.1) is 5.92 Å². The summed E-state index contributed by atoms with van der Waals surface area (Å²) >= 11 is 0. The normalized spacial score (nSPS) is 14.0. The fourth-order valence-electron chi connectivity index (χ4n) is 0.418. The first-order valence-electron chi connectivity index (χ1n) is 2.71. The third-order valence-corrected chi connectivity index (χ3v) is 1.04. The lowest BCUT2D eigenvalue weighted by Crippen LogP contribution is -2.07. The van der Waals surface area contributed by atoms with E-state index in [1.54, 1.807) is 6.92 Å². The molecule has 0 radical (unpaired) electrons. The topological polar surface area (TPSA) is 46.2 Å². The summed E-state index contributed by atoms with van der Waals surface area (Å²) in [7, 11) is 0. The Bertz CT molecular complexity index is 101. The quantitative estimate of drug-likeness (QED) is 0.507. The van der Waals surface area contributed by atoms with Gasteiger partial charge < -0.3 is 10.8 Å². The molecule has 0 saturated carbocycles. The third-order valence-electron chi connectivity index (χ3n) is 1.04. The molecular formula is C6H13NO. The molecule has 0 aromatic rings. The molecule has 0 saturated heterocycles. The molecule has 0 heterocycles. The molecule has 0 aliphatic carbocycles. The highest BCUT2D eigenvalue weighted by Gasteiger charge is 1.98. The van der Waals surface area contributed by atoms with Gasteiger partial charge >= 0.3 is 0 Å². The highest BCUT2D eigenvalue weighted by atomic mass is 16.3. The van der Waals surface area contributed by atoms with Crippen molar-refractivity contribution < 1.29 is 5.11 Å². The van der Waals surface area contributed by atoms with Crippen LogP contribution in [-0.2, 0) is 0 Å². The number of nitrogens with two attached hydrogens (primary N) is 1. The average Bonchev–Trinajstić information content (AvgIpc) is 1.64. The molecule has 2 nitrogen and oxygen atoms in total. The maximum absolute atomic E-state index is 8.75. The second-order valence-corrected chi connectivity index (χ2v) is 2.20. The minimum absolute atomic E-state index is 0.236. The van der Waals surface area contributed by atoms with E-state index in [0.29, 0.717) is 5.70 Å². The van der Waals surface area contributed by atoms with E-state index in [1.165, 1.54) is 0 Å². The Balaban J connectivity index is 4.00. The van der Waals surface area contributed by atoms with Crippen molar-refractivity contribution in [3.63, 3.8) is 0 Å². The number of hydrogen-bond donors (Lipinski definition) is 2. The third kappa shape index (κ3) is 1.87. The van der Waals surface area contributed by atoms with Gasteiger partial charge in [-0.1, -0.05) is 13.8 Å². The van der Waals surface area contributed by atoms with Gasteiger partial charge in [0.1, 0.15) is 5.76 Å². The maximum atomic E-state index is 8.75. The maximum Gasteiger partial charge on any atom is 0.108 e. The SMILES string of the molecule is C/C(O)=C(\N)C(C)C. The summed E-state index contributed by atoms with van der Waals surface area (Å²) in [5.74, 6) is 0.486. The van der Waals surface area contributed by atoms with E-state index in [1.807, 2.05) is 13.8 Å². The van der Waals surface area contributed by atoms with Gasteiger partial charge in [0, 0.05) is 5.70 Å². The second kappa shape index (κ2) is 2.60. The van der Waals surface area contributed by atoms with Crippen LogP contribution in [0.25, 0.3) is 0 Å².